The van der Waals surface area contributed by atoms with E-state index < -0.39 is 0 Å². The van der Waals surface area contributed by atoms with Gasteiger partial charge in [-0.15, -0.1) is 0 Å². The highest BCUT2D eigenvalue weighted by Gasteiger charge is 2.28. The topological polar surface area (TPSA) is 44.4 Å². The normalized spacial score (nSPS) is 27.9. The van der Waals surface area contributed by atoms with E-state index in [0.29, 0.717) is 6.04 Å². The van der Waals surface area contributed by atoms with Crippen LogP contribution >= 0.6 is 0 Å². The first-order valence-electron chi connectivity index (χ1n) is 8.90. The highest BCUT2D eigenvalue weighted by molar-refractivity contribution is 5.72. The van der Waals surface area contributed by atoms with Crippen molar-refractivity contribution in [1.82, 2.24) is 15.5 Å². The Bertz CT molecular complexity index is 315. The zero-order valence-electron chi connectivity index (χ0n) is 13.9. The molecule has 4 heteroatoms. The summed E-state index contributed by atoms with van der Waals surface area (Å²) in [6, 6.07) is 1.41. The summed E-state index contributed by atoms with van der Waals surface area (Å²) < 4.78 is 0. The second-order valence-electron chi connectivity index (χ2n) is 6.98. The predicted octanol–water partition coefficient (Wildman–Crippen LogP) is 2.15. The molecule has 2 unspecified atom stereocenters. The Balaban J connectivity index is 1.80. The number of nitrogens with one attached hydrogen (secondary N) is 2. The van der Waals surface area contributed by atoms with Crippen LogP contribution in [-0.2, 0) is 4.79 Å². The molecule has 122 valence electrons. The van der Waals surface area contributed by atoms with Gasteiger partial charge in [0.25, 0.3) is 0 Å². The van der Waals surface area contributed by atoms with Crippen molar-refractivity contribution in [2.75, 3.05) is 26.2 Å². The summed E-state index contributed by atoms with van der Waals surface area (Å²) in [6.07, 6.45) is 9.46. The van der Waals surface area contributed by atoms with Crippen molar-refractivity contribution < 1.29 is 4.79 Å². The van der Waals surface area contributed by atoms with Crippen molar-refractivity contribution in [1.29, 1.82) is 0 Å². The molecule has 21 heavy (non-hydrogen) atoms. The first-order valence-corrected chi connectivity index (χ1v) is 8.90. The number of carbonyl (C=O) groups is 1. The van der Waals surface area contributed by atoms with E-state index in [1.165, 1.54) is 51.5 Å². The van der Waals surface area contributed by atoms with E-state index in [-0.39, 0.29) is 5.91 Å². The summed E-state index contributed by atoms with van der Waals surface area (Å²) >= 11 is 0. The Hall–Kier alpha value is -0.610. The Morgan fingerprint density at radius 2 is 1.95 bits per heavy atom. The molecule has 1 amide bonds. The molecule has 0 spiro atoms. The van der Waals surface area contributed by atoms with Gasteiger partial charge in [0.15, 0.2) is 0 Å². The lowest BCUT2D eigenvalue weighted by Gasteiger charge is -2.39. The maximum atomic E-state index is 11.0. The van der Waals surface area contributed by atoms with Gasteiger partial charge in [-0.05, 0) is 31.6 Å². The molecule has 0 aromatic heterocycles. The van der Waals surface area contributed by atoms with E-state index in [9.17, 15) is 4.79 Å². The van der Waals surface area contributed by atoms with E-state index in [1.807, 2.05) is 0 Å². The standard InChI is InChI=1S/C17H33N3O/c1-3-6-15-11-17(19-16-7-4-5-8-16)13-20(12-15)10-9-18-14(2)21/h15-17,19H,3-13H2,1-2H3,(H,18,21). The molecule has 0 aromatic rings. The van der Waals surface area contributed by atoms with Gasteiger partial charge in [-0.3, -0.25) is 9.69 Å². The zero-order chi connectivity index (χ0) is 15.1. The van der Waals surface area contributed by atoms with Crippen LogP contribution in [0.5, 0.6) is 0 Å². The number of piperidine rings is 1. The minimum absolute atomic E-state index is 0.0812. The Morgan fingerprint density at radius 1 is 1.19 bits per heavy atom. The monoisotopic (exact) mass is 295 g/mol. The fourth-order valence-electron chi connectivity index (χ4n) is 4.04. The van der Waals surface area contributed by atoms with Crippen molar-refractivity contribution in [3.8, 4) is 0 Å². The van der Waals surface area contributed by atoms with Gasteiger partial charge in [-0.25, -0.2) is 0 Å². The van der Waals surface area contributed by atoms with Crippen LogP contribution in [-0.4, -0.2) is 49.1 Å². The largest absolute Gasteiger partial charge is 0.355 e. The Labute approximate surface area is 130 Å². The van der Waals surface area contributed by atoms with Crippen LogP contribution in [0.1, 0.15) is 58.8 Å². The molecule has 1 saturated carbocycles. The van der Waals surface area contributed by atoms with Gasteiger partial charge in [0.05, 0.1) is 0 Å². The Kier molecular flexibility index (Phi) is 6.97. The third-order valence-electron chi connectivity index (χ3n) is 4.94. The highest BCUT2D eigenvalue weighted by atomic mass is 16.1. The molecular weight excluding hydrogens is 262 g/mol. The van der Waals surface area contributed by atoms with E-state index in [4.69, 9.17) is 0 Å². The van der Waals surface area contributed by atoms with Crippen LogP contribution in [0.4, 0.5) is 0 Å². The van der Waals surface area contributed by atoms with Crippen molar-refractivity contribution in [2.45, 2.75) is 70.9 Å². The Morgan fingerprint density at radius 3 is 2.62 bits per heavy atom. The van der Waals surface area contributed by atoms with E-state index >= 15 is 0 Å². The van der Waals surface area contributed by atoms with Crippen LogP contribution < -0.4 is 10.6 Å². The van der Waals surface area contributed by atoms with Crippen molar-refractivity contribution in [3.05, 3.63) is 0 Å². The van der Waals surface area contributed by atoms with Gasteiger partial charge in [0, 0.05) is 45.2 Å². The number of amides is 1. The number of nitrogens with zero attached hydrogens (tertiary/aromatic N) is 1. The lowest BCUT2D eigenvalue weighted by atomic mass is 9.90. The molecule has 2 fully saturated rings. The van der Waals surface area contributed by atoms with Gasteiger partial charge in [0.1, 0.15) is 0 Å². The van der Waals surface area contributed by atoms with Gasteiger partial charge in [-0.1, -0.05) is 26.2 Å². The van der Waals surface area contributed by atoms with Crippen LogP contribution in [0.15, 0.2) is 0 Å². The smallest absolute Gasteiger partial charge is 0.216 e. The number of hydrogen-bond donors (Lipinski definition) is 2. The minimum atomic E-state index is 0.0812. The molecule has 1 saturated heterocycles. The molecule has 2 atom stereocenters. The highest BCUT2D eigenvalue weighted by Crippen LogP contribution is 2.24. The molecule has 0 aromatic carbocycles. The number of hydrogen-bond acceptors (Lipinski definition) is 3. The maximum absolute atomic E-state index is 11.0. The number of carbonyl (C=O) groups excluding carboxylic acids is 1. The summed E-state index contributed by atoms with van der Waals surface area (Å²) in [5.41, 5.74) is 0. The van der Waals surface area contributed by atoms with Crippen LogP contribution in [0.25, 0.3) is 0 Å². The molecule has 1 heterocycles. The predicted molar refractivity (Wildman–Crippen MR) is 87.3 cm³/mol. The van der Waals surface area contributed by atoms with Crippen LogP contribution in [0.3, 0.4) is 0 Å². The van der Waals surface area contributed by atoms with Crippen LogP contribution in [0, 0.1) is 5.92 Å². The zero-order valence-corrected chi connectivity index (χ0v) is 13.9. The molecular formula is C17H33N3O. The second kappa shape index (κ2) is 8.74. The first kappa shape index (κ1) is 16.8. The lowest BCUT2D eigenvalue weighted by Crippen LogP contribution is -2.52. The fourth-order valence-corrected chi connectivity index (χ4v) is 4.04. The molecule has 2 N–H and O–H groups in total. The summed E-state index contributed by atoms with van der Waals surface area (Å²) in [7, 11) is 0. The average Bonchev–Trinajstić information content (AvgIpc) is 2.91. The molecule has 0 bridgehead atoms. The summed E-state index contributed by atoms with van der Waals surface area (Å²) in [5.74, 6) is 0.901. The van der Waals surface area contributed by atoms with Crippen molar-refractivity contribution >= 4 is 5.91 Å². The second-order valence-corrected chi connectivity index (χ2v) is 6.98. The number of likely N-dealkylation sites (tertiary alicyclic amines) is 1. The van der Waals surface area contributed by atoms with Crippen molar-refractivity contribution in [3.63, 3.8) is 0 Å². The van der Waals surface area contributed by atoms with E-state index in [2.05, 4.69) is 22.5 Å². The maximum Gasteiger partial charge on any atom is 0.216 e. The molecule has 4 nitrogen and oxygen atoms in total. The van der Waals surface area contributed by atoms with Gasteiger partial charge in [0.2, 0.25) is 5.91 Å². The number of rotatable bonds is 7. The van der Waals surface area contributed by atoms with Crippen molar-refractivity contribution in [2.24, 2.45) is 5.92 Å². The van der Waals surface area contributed by atoms with E-state index in [0.717, 1.165) is 31.6 Å². The molecule has 2 rings (SSSR count). The summed E-state index contributed by atoms with van der Waals surface area (Å²) in [4.78, 5) is 13.6. The third-order valence-corrected chi connectivity index (χ3v) is 4.94. The summed E-state index contributed by atoms with van der Waals surface area (Å²) in [5, 5.41) is 6.83. The quantitative estimate of drug-likeness (QED) is 0.756. The van der Waals surface area contributed by atoms with Gasteiger partial charge in [-0.2, -0.15) is 0 Å². The van der Waals surface area contributed by atoms with E-state index in [1.54, 1.807) is 6.92 Å². The lowest BCUT2D eigenvalue weighted by molar-refractivity contribution is -0.119. The van der Waals surface area contributed by atoms with Gasteiger partial charge < -0.3 is 10.6 Å². The summed E-state index contributed by atoms with van der Waals surface area (Å²) in [6.45, 7) is 8.01. The van der Waals surface area contributed by atoms with Gasteiger partial charge >= 0.3 is 0 Å². The SMILES string of the molecule is CCCC1CC(NC2CCCC2)CN(CCNC(C)=O)C1. The van der Waals surface area contributed by atoms with Crippen LogP contribution in [0.2, 0.25) is 0 Å². The fraction of sp³-hybridized carbons (Fsp3) is 0.941. The molecule has 0 radical (unpaired) electrons. The molecule has 2 aliphatic rings. The molecule has 1 aliphatic heterocycles. The first-order chi connectivity index (χ1) is 10.2. The third kappa shape index (κ3) is 5.95. The molecule has 1 aliphatic carbocycles. The minimum Gasteiger partial charge on any atom is -0.355 e. The average molecular weight is 295 g/mol.